The summed E-state index contributed by atoms with van der Waals surface area (Å²) in [5.41, 5.74) is 1.50. The van der Waals surface area contributed by atoms with Crippen LogP contribution in [0.5, 0.6) is 0 Å². The Kier molecular flexibility index (Phi) is 8.82. The van der Waals surface area contributed by atoms with E-state index in [0.29, 0.717) is 25.7 Å². The number of unbranched alkanes of at least 4 members (excludes halogenated alkanes) is 2. The van der Waals surface area contributed by atoms with Crippen LogP contribution in [-0.4, -0.2) is 53.4 Å². The summed E-state index contributed by atoms with van der Waals surface area (Å²) < 4.78 is 125. The highest BCUT2D eigenvalue weighted by atomic mass is 32.2. The highest BCUT2D eigenvalue weighted by Crippen LogP contribution is 2.67. The molecule has 1 aromatic carbocycles. The molecule has 0 spiro atoms. The van der Waals surface area contributed by atoms with Gasteiger partial charge in [-0.05, 0) is 104 Å². The van der Waals surface area contributed by atoms with Gasteiger partial charge in [-0.15, -0.1) is 0 Å². The minimum Gasteiger partial charge on any atom is -0.393 e. The zero-order valence-corrected chi connectivity index (χ0v) is 23.8. The number of alkyl halides is 7. The van der Waals surface area contributed by atoms with Crippen LogP contribution < -0.4 is 4.72 Å². The van der Waals surface area contributed by atoms with Crippen molar-refractivity contribution in [3.8, 4) is 0 Å². The van der Waals surface area contributed by atoms with Gasteiger partial charge >= 0.3 is 28.3 Å². The van der Waals surface area contributed by atoms with Crippen LogP contribution in [0.2, 0.25) is 0 Å². The highest BCUT2D eigenvalue weighted by Gasteiger charge is 2.75. The van der Waals surface area contributed by atoms with Gasteiger partial charge in [0.25, 0.3) is 0 Å². The van der Waals surface area contributed by atoms with Crippen LogP contribution in [0.1, 0.15) is 81.8 Å². The lowest BCUT2D eigenvalue weighted by atomic mass is 9.47. The Morgan fingerprint density at radius 1 is 1.07 bits per heavy atom. The monoisotopic (exact) mass is 631 g/mol. The lowest BCUT2D eigenvalue weighted by Crippen LogP contribution is -2.57. The van der Waals surface area contributed by atoms with Gasteiger partial charge in [-0.2, -0.15) is 39.2 Å². The Morgan fingerprint density at radius 3 is 2.40 bits per heavy atom. The molecule has 0 heterocycles. The number of aliphatic hydroxyl groups is 2. The summed E-state index contributed by atoms with van der Waals surface area (Å²) >= 11 is 0. The van der Waals surface area contributed by atoms with Crippen LogP contribution in [0.3, 0.4) is 0 Å². The molecule has 3 aliphatic carbocycles. The van der Waals surface area contributed by atoms with E-state index in [-0.39, 0.29) is 41.2 Å². The molecule has 6 nitrogen and oxygen atoms in total. The molecule has 238 valence electrons. The molecule has 0 aromatic heterocycles. The van der Waals surface area contributed by atoms with Gasteiger partial charge in [-0.25, -0.2) is 0 Å². The van der Waals surface area contributed by atoms with Crippen molar-refractivity contribution in [3.05, 3.63) is 41.5 Å². The van der Waals surface area contributed by atoms with Crippen molar-refractivity contribution in [2.45, 2.75) is 107 Å². The van der Waals surface area contributed by atoms with Gasteiger partial charge in [0.05, 0.1) is 11.8 Å². The van der Waals surface area contributed by atoms with Crippen LogP contribution in [0, 0.1) is 16.7 Å². The first-order valence-electron chi connectivity index (χ1n) is 14.0. The SMILES string of the molecule is C[C@]12CCC3c4ccc(NS(=O)(=O)O)cc4CCC3(C=CCCCCC(O)C(F)(F)C(F)(F)C(F)(F)F)C1CC[C@@H]2O. The third kappa shape index (κ3) is 5.80. The van der Waals surface area contributed by atoms with Crippen molar-refractivity contribution >= 4 is 16.0 Å². The molecule has 0 radical (unpaired) electrons. The van der Waals surface area contributed by atoms with E-state index in [1.807, 2.05) is 12.1 Å². The van der Waals surface area contributed by atoms with Crippen molar-refractivity contribution in [1.82, 2.24) is 0 Å². The molecule has 42 heavy (non-hydrogen) atoms. The third-order valence-corrected chi connectivity index (χ3v) is 10.4. The van der Waals surface area contributed by atoms with Gasteiger partial charge in [-0.1, -0.05) is 31.6 Å². The molecule has 0 bridgehead atoms. The maximum atomic E-state index is 13.7. The molecule has 4 N–H and O–H groups in total. The quantitative estimate of drug-likeness (QED) is 0.0984. The Bertz CT molecular complexity index is 1290. The Hall–Kier alpha value is -1.90. The number of benzene rings is 1. The van der Waals surface area contributed by atoms with E-state index in [4.69, 9.17) is 4.55 Å². The van der Waals surface area contributed by atoms with Crippen molar-refractivity contribution in [2.24, 2.45) is 16.7 Å². The van der Waals surface area contributed by atoms with E-state index >= 15 is 0 Å². The smallest absolute Gasteiger partial charge is 0.393 e. The van der Waals surface area contributed by atoms with Crippen molar-refractivity contribution < 1.29 is 53.9 Å². The summed E-state index contributed by atoms with van der Waals surface area (Å²) in [6.45, 7) is 2.08. The molecule has 4 unspecified atom stereocenters. The van der Waals surface area contributed by atoms with E-state index in [9.17, 15) is 49.4 Å². The molecule has 3 aliphatic rings. The normalized spacial score (nSPS) is 31.0. The van der Waals surface area contributed by atoms with E-state index < -0.39 is 47.0 Å². The zero-order chi connectivity index (χ0) is 31.4. The zero-order valence-electron chi connectivity index (χ0n) is 23.0. The first-order valence-corrected chi connectivity index (χ1v) is 15.4. The summed E-state index contributed by atoms with van der Waals surface area (Å²) in [6, 6.07) is 5.10. The summed E-state index contributed by atoms with van der Waals surface area (Å²) in [5.74, 6) is -11.9. The average Bonchev–Trinajstić information content (AvgIpc) is 3.18. The van der Waals surface area contributed by atoms with Crippen LogP contribution in [0.25, 0.3) is 0 Å². The number of hydrogen-bond acceptors (Lipinski definition) is 4. The van der Waals surface area contributed by atoms with Crippen molar-refractivity contribution in [3.63, 3.8) is 0 Å². The number of hydrogen-bond donors (Lipinski definition) is 4. The summed E-state index contributed by atoms with van der Waals surface area (Å²) in [5, 5.41) is 20.4. The molecule has 14 heteroatoms. The van der Waals surface area contributed by atoms with E-state index in [0.717, 1.165) is 30.4 Å². The average molecular weight is 632 g/mol. The number of halogens is 7. The largest absolute Gasteiger partial charge is 0.459 e. The first-order chi connectivity index (χ1) is 19.3. The fourth-order valence-electron chi connectivity index (χ4n) is 7.72. The van der Waals surface area contributed by atoms with Crippen molar-refractivity contribution in [1.29, 1.82) is 0 Å². The second-order valence-corrected chi connectivity index (χ2v) is 13.4. The first kappa shape index (κ1) is 33.0. The molecule has 0 aliphatic heterocycles. The Labute approximate surface area is 240 Å². The Morgan fingerprint density at radius 2 is 1.76 bits per heavy atom. The molecule has 6 atom stereocenters. The number of rotatable bonds is 10. The summed E-state index contributed by atoms with van der Waals surface area (Å²) in [4.78, 5) is 0. The van der Waals surface area contributed by atoms with Crippen LogP contribution >= 0.6 is 0 Å². The van der Waals surface area contributed by atoms with E-state index in [2.05, 4.69) is 17.7 Å². The van der Waals surface area contributed by atoms with Gasteiger partial charge in [0.1, 0.15) is 6.10 Å². The summed E-state index contributed by atoms with van der Waals surface area (Å²) in [6.07, 6.45) is -2.60. The van der Waals surface area contributed by atoms with Gasteiger partial charge in [0.2, 0.25) is 0 Å². The Balaban J connectivity index is 1.49. The molecular formula is C28H36F7NO5S. The number of fused-ring (bicyclic) bond motifs is 5. The lowest BCUT2D eigenvalue weighted by Gasteiger charge is -2.57. The number of aliphatic hydroxyl groups excluding tert-OH is 2. The van der Waals surface area contributed by atoms with E-state index in [1.165, 1.54) is 0 Å². The summed E-state index contributed by atoms with van der Waals surface area (Å²) in [7, 11) is -4.45. The predicted molar refractivity (Wildman–Crippen MR) is 141 cm³/mol. The van der Waals surface area contributed by atoms with Crippen LogP contribution in [0.15, 0.2) is 30.4 Å². The topological polar surface area (TPSA) is 107 Å². The van der Waals surface area contributed by atoms with E-state index in [1.54, 1.807) is 12.1 Å². The highest BCUT2D eigenvalue weighted by molar-refractivity contribution is 7.87. The molecule has 4 rings (SSSR count). The van der Waals surface area contributed by atoms with Crippen LogP contribution in [-0.2, 0) is 16.7 Å². The van der Waals surface area contributed by atoms with Crippen molar-refractivity contribution in [2.75, 3.05) is 4.72 Å². The molecule has 0 amide bonds. The second-order valence-electron chi connectivity index (χ2n) is 12.2. The maximum absolute atomic E-state index is 13.7. The molecular weight excluding hydrogens is 595 g/mol. The number of anilines is 1. The molecule has 2 fully saturated rings. The minimum atomic E-state index is -6.49. The second kappa shape index (κ2) is 11.2. The number of aryl methyl sites for hydroxylation is 1. The predicted octanol–water partition coefficient (Wildman–Crippen LogP) is 6.80. The molecule has 0 saturated heterocycles. The van der Waals surface area contributed by atoms with Gasteiger partial charge in [0, 0.05) is 0 Å². The standard InChI is InChI=1S/C28H36F7NO5S/c1-24-14-12-20-19-8-7-18(36-42(39,40)41)16-17(19)11-15-25(20,21(24)9-10-22(24)37)13-5-3-2-4-6-23(38)26(29,30)27(31,32)28(33,34)35/h5,7-8,13,16,20-23,36-38H,2-4,6,9-12,14-15H2,1H3,(H,39,40,41)/t20?,21?,22-,23?,24-,25?/m0/s1. The number of nitrogens with one attached hydrogen (secondary N) is 1. The van der Waals surface area contributed by atoms with Gasteiger partial charge in [-0.3, -0.25) is 9.27 Å². The van der Waals surface area contributed by atoms with Crippen LogP contribution in [0.4, 0.5) is 36.4 Å². The third-order valence-electron chi connectivity index (χ3n) is 9.87. The lowest BCUT2D eigenvalue weighted by molar-refractivity contribution is -0.371. The van der Waals surface area contributed by atoms with Gasteiger partial charge in [0.15, 0.2) is 0 Å². The number of allylic oxidation sites excluding steroid dienone is 2. The molecule has 1 aromatic rings. The van der Waals surface area contributed by atoms with Gasteiger partial charge < -0.3 is 10.2 Å². The minimum absolute atomic E-state index is 0.0331. The fraction of sp³-hybridized carbons (Fsp3) is 0.714. The maximum Gasteiger partial charge on any atom is 0.459 e. The molecule has 2 saturated carbocycles. The fourth-order valence-corrected chi connectivity index (χ4v) is 8.15.